The molecule has 1 atom stereocenters. The molecule has 2 aromatic carbocycles. The highest BCUT2D eigenvalue weighted by Crippen LogP contribution is 2.33. The molecular weight excluding hydrogens is 327 g/mol. The number of halogens is 1. The maximum absolute atomic E-state index is 13.4. The number of hydrogen-bond acceptors (Lipinski definition) is 2. The molecule has 0 bridgehead atoms. The molecule has 1 aliphatic rings. The molecule has 134 valence electrons. The van der Waals surface area contributed by atoms with Crippen LogP contribution in [0.3, 0.4) is 0 Å². The minimum Gasteiger partial charge on any atom is -0.378 e. The molecule has 1 saturated heterocycles. The first-order valence-corrected chi connectivity index (χ1v) is 9.00. The number of ether oxygens (including phenoxy) is 1. The van der Waals surface area contributed by atoms with Gasteiger partial charge in [0.2, 0.25) is 0 Å². The number of hydrogen-bond donors (Lipinski definition) is 1. The molecule has 4 rings (SSSR count). The number of aryl methyl sites for hydroxylation is 1. The first-order valence-electron chi connectivity index (χ1n) is 9.00. The smallest absolute Gasteiger partial charge is 0.123 e. The molecule has 3 nitrogen and oxygen atoms in total. The standard InChI is InChI=1S/C22H23FN2O/c1-15-3-9-19(10-4-15)25-16(2)20(21-14-26-12-11-24-21)13-22(25)17-5-7-18(23)8-6-17/h3-10,13,21,24H,11-12,14H2,1-2H3. The second kappa shape index (κ2) is 7.06. The Morgan fingerprint density at radius 2 is 1.77 bits per heavy atom. The van der Waals surface area contributed by atoms with E-state index < -0.39 is 0 Å². The normalized spacial score (nSPS) is 17.4. The third-order valence-electron chi connectivity index (χ3n) is 5.02. The lowest BCUT2D eigenvalue weighted by Gasteiger charge is -2.24. The Morgan fingerprint density at radius 1 is 1.04 bits per heavy atom. The molecule has 0 saturated carbocycles. The Bertz CT molecular complexity index is 891. The summed E-state index contributed by atoms with van der Waals surface area (Å²) < 4.78 is 21.3. The van der Waals surface area contributed by atoms with Crippen LogP contribution in [-0.2, 0) is 4.74 Å². The molecule has 1 unspecified atom stereocenters. The summed E-state index contributed by atoms with van der Waals surface area (Å²) in [6.07, 6.45) is 0. The highest BCUT2D eigenvalue weighted by molar-refractivity contribution is 5.66. The molecular formula is C22H23FN2O. The van der Waals surface area contributed by atoms with Crippen LogP contribution in [-0.4, -0.2) is 24.3 Å². The molecule has 4 heteroatoms. The lowest BCUT2D eigenvalue weighted by atomic mass is 10.1. The van der Waals surface area contributed by atoms with Crippen LogP contribution in [0.5, 0.6) is 0 Å². The number of nitrogens with one attached hydrogen (secondary N) is 1. The molecule has 26 heavy (non-hydrogen) atoms. The van der Waals surface area contributed by atoms with Gasteiger partial charge in [0.05, 0.1) is 24.9 Å². The number of nitrogens with zero attached hydrogens (tertiary/aromatic N) is 1. The first kappa shape index (κ1) is 17.0. The zero-order valence-electron chi connectivity index (χ0n) is 15.1. The monoisotopic (exact) mass is 350 g/mol. The fraction of sp³-hybridized carbons (Fsp3) is 0.273. The Hall–Kier alpha value is -2.43. The fourth-order valence-electron chi connectivity index (χ4n) is 3.60. The predicted molar refractivity (Wildman–Crippen MR) is 102 cm³/mol. The van der Waals surface area contributed by atoms with Crippen molar-refractivity contribution in [3.05, 3.63) is 77.2 Å². The van der Waals surface area contributed by atoms with Crippen LogP contribution in [0, 0.1) is 19.7 Å². The topological polar surface area (TPSA) is 26.2 Å². The van der Waals surface area contributed by atoms with Crippen LogP contribution in [0.2, 0.25) is 0 Å². The zero-order valence-corrected chi connectivity index (χ0v) is 15.1. The van der Waals surface area contributed by atoms with Crippen molar-refractivity contribution in [3.8, 4) is 16.9 Å². The largest absolute Gasteiger partial charge is 0.378 e. The second-order valence-corrected chi connectivity index (χ2v) is 6.83. The molecule has 2 heterocycles. The molecule has 1 N–H and O–H groups in total. The van der Waals surface area contributed by atoms with Crippen molar-refractivity contribution < 1.29 is 9.13 Å². The number of aromatic nitrogens is 1. The van der Waals surface area contributed by atoms with Gasteiger partial charge in [-0.05, 0) is 67.4 Å². The Balaban J connectivity index is 1.87. The van der Waals surface area contributed by atoms with Gasteiger partial charge in [-0.2, -0.15) is 0 Å². The lowest BCUT2D eigenvalue weighted by molar-refractivity contribution is 0.0767. The molecule has 1 fully saturated rings. The summed E-state index contributed by atoms with van der Waals surface area (Å²) in [5, 5.41) is 3.54. The first-order chi connectivity index (χ1) is 12.6. The van der Waals surface area contributed by atoms with Crippen molar-refractivity contribution in [2.75, 3.05) is 19.8 Å². The Morgan fingerprint density at radius 3 is 2.42 bits per heavy atom. The van der Waals surface area contributed by atoms with Crippen molar-refractivity contribution in [2.45, 2.75) is 19.9 Å². The maximum Gasteiger partial charge on any atom is 0.123 e. The summed E-state index contributed by atoms with van der Waals surface area (Å²) >= 11 is 0. The van der Waals surface area contributed by atoms with Gasteiger partial charge in [0.1, 0.15) is 5.82 Å². The Labute approximate surface area is 153 Å². The summed E-state index contributed by atoms with van der Waals surface area (Å²) in [6.45, 7) is 6.49. The van der Waals surface area contributed by atoms with Gasteiger partial charge in [-0.1, -0.05) is 17.7 Å². The maximum atomic E-state index is 13.4. The van der Waals surface area contributed by atoms with E-state index in [9.17, 15) is 4.39 Å². The van der Waals surface area contributed by atoms with E-state index in [1.54, 1.807) is 0 Å². The fourth-order valence-corrected chi connectivity index (χ4v) is 3.60. The average Bonchev–Trinajstić information content (AvgIpc) is 3.01. The molecule has 0 aliphatic carbocycles. The SMILES string of the molecule is Cc1ccc(-n2c(-c3ccc(F)cc3)cc(C3COCCN3)c2C)cc1. The van der Waals surface area contributed by atoms with Gasteiger partial charge in [0.15, 0.2) is 0 Å². The van der Waals surface area contributed by atoms with E-state index in [4.69, 9.17) is 4.74 Å². The minimum atomic E-state index is -0.221. The van der Waals surface area contributed by atoms with Crippen molar-refractivity contribution in [2.24, 2.45) is 0 Å². The zero-order chi connectivity index (χ0) is 18.1. The van der Waals surface area contributed by atoms with Crippen LogP contribution < -0.4 is 5.32 Å². The van der Waals surface area contributed by atoms with E-state index in [0.717, 1.165) is 30.1 Å². The van der Waals surface area contributed by atoms with Crippen LogP contribution in [0.15, 0.2) is 54.6 Å². The van der Waals surface area contributed by atoms with Gasteiger partial charge in [-0.15, -0.1) is 0 Å². The average molecular weight is 350 g/mol. The second-order valence-electron chi connectivity index (χ2n) is 6.83. The van der Waals surface area contributed by atoms with Crippen LogP contribution in [0.1, 0.15) is 22.9 Å². The van der Waals surface area contributed by atoms with Gasteiger partial charge >= 0.3 is 0 Å². The summed E-state index contributed by atoms with van der Waals surface area (Å²) in [6, 6.07) is 17.6. The van der Waals surface area contributed by atoms with Gasteiger partial charge < -0.3 is 14.6 Å². The molecule has 0 amide bonds. The summed E-state index contributed by atoms with van der Waals surface area (Å²) in [5.41, 5.74) is 6.80. The predicted octanol–water partition coefficient (Wildman–Crippen LogP) is 4.56. The van der Waals surface area contributed by atoms with Crippen LogP contribution >= 0.6 is 0 Å². The summed E-state index contributed by atoms with van der Waals surface area (Å²) in [5.74, 6) is -0.221. The number of rotatable bonds is 3. The third-order valence-corrected chi connectivity index (χ3v) is 5.02. The highest BCUT2D eigenvalue weighted by atomic mass is 19.1. The molecule has 0 spiro atoms. The van der Waals surface area contributed by atoms with E-state index in [1.165, 1.54) is 29.0 Å². The van der Waals surface area contributed by atoms with Crippen molar-refractivity contribution in [1.82, 2.24) is 9.88 Å². The summed E-state index contributed by atoms with van der Waals surface area (Å²) in [4.78, 5) is 0. The quantitative estimate of drug-likeness (QED) is 0.749. The Kier molecular flexibility index (Phi) is 4.62. The molecule has 0 radical (unpaired) electrons. The van der Waals surface area contributed by atoms with E-state index in [0.29, 0.717) is 6.61 Å². The molecule has 1 aliphatic heterocycles. The highest BCUT2D eigenvalue weighted by Gasteiger charge is 2.23. The molecule has 1 aromatic heterocycles. The number of benzene rings is 2. The van der Waals surface area contributed by atoms with Crippen LogP contribution in [0.4, 0.5) is 4.39 Å². The lowest BCUT2D eigenvalue weighted by Crippen LogP contribution is -2.34. The van der Waals surface area contributed by atoms with E-state index >= 15 is 0 Å². The van der Waals surface area contributed by atoms with E-state index in [2.05, 4.69) is 54.1 Å². The van der Waals surface area contributed by atoms with Crippen molar-refractivity contribution >= 4 is 0 Å². The number of morpholine rings is 1. The van der Waals surface area contributed by atoms with Gasteiger partial charge in [-0.3, -0.25) is 0 Å². The van der Waals surface area contributed by atoms with Crippen molar-refractivity contribution in [3.63, 3.8) is 0 Å². The van der Waals surface area contributed by atoms with Gasteiger partial charge in [-0.25, -0.2) is 4.39 Å². The van der Waals surface area contributed by atoms with Gasteiger partial charge in [0, 0.05) is 17.9 Å². The molecule has 3 aromatic rings. The minimum absolute atomic E-state index is 0.176. The van der Waals surface area contributed by atoms with Crippen LogP contribution in [0.25, 0.3) is 16.9 Å². The third kappa shape index (κ3) is 3.18. The van der Waals surface area contributed by atoms with E-state index in [1.807, 2.05) is 12.1 Å². The summed E-state index contributed by atoms with van der Waals surface area (Å²) in [7, 11) is 0. The van der Waals surface area contributed by atoms with E-state index in [-0.39, 0.29) is 11.9 Å². The van der Waals surface area contributed by atoms with Gasteiger partial charge in [0.25, 0.3) is 0 Å². The van der Waals surface area contributed by atoms with Crippen molar-refractivity contribution in [1.29, 1.82) is 0 Å².